The third kappa shape index (κ3) is 2.63. The number of likely N-dealkylation sites (tertiary alicyclic amines) is 1. The smallest absolute Gasteiger partial charge is 0.120 e. The van der Waals surface area contributed by atoms with Gasteiger partial charge in [-0.05, 0) is 44.1 Å². The summed E-state index contributed by atoms with van der Waals surface area (Å²) in [6.45, 7) is 3.08. The van der Waals surface area contributed by atoms with Gasteiger partial charge in [-0.15, -0.1) is 0 Å². The second-order valence-corrected chi connectivity index (χ2v) is 4.22. The van der Waals surface area contributed by atoms with Crippen molar-refractivity contribution in [3.63, 3.8) is 0 Å². The van der Waals surface area contributed by atoms with Crippen molar-refractivity contribution in [1.82, 2.24) is 4.90 Å². The Hall–Kier alpha value is -1.22. The van der Waals surface area contributed by atoms with Crippen LogP contribution in [0.15, 0.2) is 18.2 Å². The lowest BCUT2D eigenvalue weighted by molar-refractivity contribution is 0.218. The summed E-state index contributed by atoms with van der Waals surface area (Å²) in [6.07, 6.45) is 3.87. The molecule has 0 amide bonds. The molecule has 0 aromatic heterocycles. The molecule has 3 nitrogen and oxygen atoms in total. The van der Waals surface area contributed by atoms with E-state index in [4.69, 9.17) is 5.73 Å². The summed E-state index contributed by atoms with van der Waals surface area (Å²) in [4.78, 5) is 2.37. The zero-order chi connectivity index (χ0) is 10.7. The molecule has 0 aliphatic carbocycles. The van der Waals surface area contributed by atoms with Gasteiger partial charge < -0.3 is 10.8 Å². The number of rotatable bonds is 2. The number of phenols is 1. The first-order valence-electron chi connectivity index (χ1n) is 5.55. The van der Waals surface area contributed by atoms with E-state index in [1.54, 1.807) is 12.1 Å². The molecule has 1 aromatic rings. The molecule has 0 unspecified atom stereocenters. The first kappa shape index (κ1) is 10.3. The Morgan fingerprint density at radius 1 is 1.20 bits per heavy atom. The molecule has 3 N–H and O–H groups in total. The van der Waals surface area contributed by atoms with Crippen LogP contribution in [0.3, 0.4) is 0 Å². The van der Waals surface area contributed by atoms with Gasteiger partial charge in [0.15, 0.2) is 0 Å². The molecule has 0 spiro atoms. The van der Waals surface area contributed by atoms with Crippen LogP contribution in [-0.2, 0) is 6.54 Å². The molecule has 0 atom stereocenters. The van der Waals surface area contributed by atoms with E-state index in [9.17, 15) is 5.11 Å². The maximum Gasteiger partial charge on any atom is 0.120 e. The number of nitrogens with zero attached hydrogens (tertiary/aromatic N) is 1. The zero-order valence-corrected chi connectivity index (χ0v) is 8.95. The average molecular weight is 206 g/mol. The van der Waals surface area contributed by atoms with E-state index < -0.39 is 0 Å². The molecule has 0 radical (unpaired) electrons. The topological polar surface area (TPSA) is 49.5 Å². The third-order valence-electron chi connectivity index (χ3n) is 2.95. The largest absolute Gasteiger partial charge is 0.508 e. The summed E-state index contributed by atoms with van der Waals surface area (Å²) in [5, 5.41) is 9.68. The molecular formula is C12H18N2O. The molecule has 3 heteroatoms. The number of anilines is 1. The first-order valence-corrected chi connectivity index (χ1v) is 5.55. The normalized spacial score (nSPS) is 17.9. The van der Waals surface area contributed by atoms with Crippen molar-refractivity contribution in [2.45, 2.75) is 25.8 Å². The van der Waals surface area contributed by atoms with Crippen LogP contribution in [0.25, 0.3) is 0 Å². The fourth-order valence-electron chi connectivity index (χ4n) is 2.09. The van der Waals surface area contributed by atoms with Gasteiger partial charge in [0.2, 0.25) is 0 Å². The van der Waals surface area contributed by atoms with Crippen molar-refractivity contribution in [2.24, 2.45) is 0 Å². The summed E-state index contributed by atoms with van der Waals surface area (Å²) in [6, 6.07) is 5.27. The van der Waals surface area contributed by atoms with E-state index in [1.807, 2.05) is 6.07 Å². The summed E-state index contributed by atoms with van der Waals surface area (Å²) in [7, 11) is 0. The lowest BCUT2D eigenvalue weighted by atomic mass is 10.1. The van der Waals surface area contributed by atoms with Crippen LogP contribution >= 0.6 is 0 Å². The number of nitrogen functional groups attached to an aromatic ring is 1. The van der Waals surface area contributed by atoms with Crippen molar-refractivity contribution >= 4 is 5.69 Å². The maximum atomic E-state index is 9.68. The molecule has 1 fully saturated rings. The van der Waals surface area contributed by atoms with Crippen LogP contribution in [0.4, 0.5) is 5.69 Å². The monoisotopic (exact) mass is 206 g/mol. The SMILES string of the molecule is Nc1ccc(O)c(CN2CCCCC2)c1. The highest BCUT2D eigenvalue weighted by Gasteiger charge is 2.12. The first-order chi connectivity index (χ1) is 7.25. The van der Waals surface area contributed by atoms with Gasteiger partial charge in [0.1, 0.15) is 5.75 Å². The van der Waals surface area contributed by atoms with Gasteiger partial charge in [0, 0.05) is 17.8 Å². The number of phenolic OH excluding ortho intramolecular Hbond substituents is 1. The van der Waals surface area contributed by atoms with E-state index in [2.05, 4.69) is 4.90 Å². The maximum absolute atomic E-state index is 9.68. The number of aromatic hydroxyl groups is 1. The Morgan fingerprint density at radius 3 is 2.67 bits per heavy atom. The van der Waals surface area contributed by atoms with Crippen LogP contribution in [0.1, 0.15) is 24.8 Å². The highest BCUT2D eigenvalue weighted by atomic mass is 16.3. The average Bonchev–Trinajstić information content (AvgIpc) is 2.25. The number of nitrogens with two attached hydrogens (primary N) is 1. The molecule has 1 aromatic carbocycles. The Labute approximate surface area is 90.5 Å². The van der Waals surface area contributed by atoms with Gasteiger partial charge in [-0.2, -0.15) is 0 Å². The van der Waals surface area contributed by atoms with Gasteiger partial charge in [-0.3, -0.25) is 4.90 Å². The molecule has 1 aliphatic heterocycles. The van der Waals surface area contributed by atoms with Crippen LogP contribution < -0.4 is 5.73 Å². The summed E-state index contributed by atoms with van der Waals surface area (Å²) in [5.41, 5.74) is 7.37. The molecule has 0 bridgehead atoms. The highest BCUT2D eigenvalue weighted by Crippen LogP contribution is 2.22. The Kier molecular flexibility index (Phi) is 3.11. The summed E-state index contributed by atoms with van der Waals surface area (Å²) >= 11 is 0. The quantitative estimate of drug-likeness (QED) is 0.574. The van der Waals surface area contributed by atoms with Crippen molar-refractivity contribution in [1.29, 1.82) is 0 Å². The van der Waals surface area contributed by atoms with Crippen LogP contribution in [-0.4, -0.2) is 23.1 Å². The van der Waals surface area contributed by atoms with Crippen LogP contribution in [0.5, 0.6) is 5.75 Å². The Morgan fingerprint density at radius 2 is 1.93 bits per heavy atom. The van der Waals surface area contributed by atoms with E-state index >= 15 is 0 Å². The third-order valence-corrected chi connectivity index (χ3v) is 2.95. The number of hydrogen-bond donors (Lipinski definition) is 2. The van der Waals surface area contributed by atoms with Crippen LogP contribution in [0, 0.1) is 0 Å². The second-order valence-electron chi connectivity index (χ2n) is 4.22. The molecule has 2 rings (SSSR count). The zero-order valence-electron chi connectivity index (χ0n) is 8.95. The van der Waals surface area contributed by atoms with E-state index in [0.29, 0.717) is 5.75 Å². The number of benzene rings is 1. The van der Waals surface area contributed by atoms with Gasteiger partial charge in [-0.25, -0.2) is 0 Å². The molecule has 1 aliphatic rings. The molecule has 15 heavy (non-hydrogen) atoms. The van der Waals surface area contributed by atoms with E-state index in [1.165, 1.54) is 19.3 Å². The predicted octanol–water partition coefficient (Wildman–Crippen LogP) is 1.96. The standard InChI is InChI=1S/C12H18N2O/c13-11-4-5-12(15)10(8-11)9-14-6-2-1-3-7-14/h4-5,8,15H,1-3,6-7,9,13H2. The summed E-state index contributed by atoms with van der Waals surface area (Å²) < 4.78 is 0. The molecule has 82 valence electrons. The minimum atomic E-state index is 0.356. The fraction of sp³-hybridized carbons (Fsp3) is 0.500. The Bertz CT molecular complexity index is 332. The minimum Gasteiger partial charge on any atom is -0.508 e. The minimum absolute atomic E-state index is 0.356. The van der Waals surface area contributed by atoms with Crippen molar-refractivity contribution in [3.05, 3.63) is 23.8 Å². The highest BCUT2D eigenvalue weighted by molar-refractivity contribution is 5.47. The Balaban J connectivity index is 2.05. The van der Waals surface area contributed by atoms with Gasteiger partial charge in [0.05, 0.1) is 0 Å². The molecule has 1 saturated heterocycles. The summed E-state index contributed by atoms with van der Waals surface area (Å²) in [5.74, 6) is 0.356. The van der Waals surface area contributed by atoms with E-state index in [0.717, 1.165) is 30.9 Å². The number of piperidine rings is 1. The van der Waals surface area contributed by atoms with Gasteiger partial charge in [-0.1, -0.05) is 6.42 Å². The lowest BCUT2D eigenvalue weighted by Gasteiger charge is -2.26. The number of hydrogen-bond acceptors (Lipinski definition) is 3. The lowest BCUT2D eigenvalue weighted by Crippen LogP contribution is -2.29. The van der Waals surface area contributed by atoms with Crippen LogP contribution in [0.2, 0.25) is 0 Å². The van der Waals surface area contributed by atoms with Crippen molar-refractivity contribution < 1.29 is 5.11 Å². The molecule has 0 saturated carbocycles. The molecule has 1 heterocycles. The van der Waals surface area contributed by atoms with Gasteiger partial charge in [0.25, 0.3) is 0 Å². The second kappa shape index (κ2) is 4.53. The molecular weight excluding hydrogens is 188 g/mol. The fourth-order valence-corrected chi connectivity index (χ4v) is 2.09. The van der Waals surface area contributed by atoms with Crippen molar-refractivity contribution in [2.75, 3.05) is 18.8 Å². The van der Waals surface area contributed by atoms with Gasteiger partial charge >= 0.3 is 0 Å². The van der Waals surface area contributed by atoms with Crippen molar-refractivity contribution in [3.8, 4) is 5.75 Å². The van der Waals surface area contributed by atoms with E-state index in [-0.39, 0.29) is 0 Å². The predicted molar refractivity (Wildman–Crippen MR) is 61.6 cm³/mol.